The number of nitrogens with one attached hydrogen (secondary N) is 2. The smallest absolute Gasteiger partial charge is 0.329 e. The Morgan fingerprint density at radius 3 is 1.75 bits per heavy atom. The number of sulfone groups is 1. The number of nitrogens with zero attached hydrogens (tertiary/aromatic N) is 2. The Hall–Kier alpha value is -5.01. The van der Waals surface area contributed by atoms with Gasteiger partial charge in [0, 0.05) is 38.3 Å². The maximum atomic E-state index is 13.1. The molecule has 17 nitrogen and oxygen atoms in total. The Morgan fingerprint density at radius 1 is 0.583 bits per heavy atom. The summed E-state index contributed by atoms with van der Waals surface area (Å²) < 4.78 is 52.6. The molecule has 2 aromatic carbocycles. The first-order valence-electron chi connectivity index (χ1n) is 20.2. The van der Waals surface area contributed by atoms with Gasteiger partial charge in [0.15, 0.2) is 9.84 Å². The van der Waals surface area contributed by atoms with E-state index >= 15 is 0 Å². The molecule has 0 aliphatic heterocycles. The molecule has 0 saturated carbocycles. The minimum atomic E-state index is -3.76. The van der Waals surface area contributed by atoms with Gasteiger partial charge in [0.05, 0.1) is 56.7 Å². The number of carbonyl (C=O) groups excluding carboxylic acids is 2. The lowest BCUT2D eigenvalue weighted by atomic mass is 10.0. The van der Waals surface area contributed by atoms with Crippen molar-refractivity contribution in [3.63, 3.8) is 0 Å². The van der Waals surface area contributed by atoms with Gasteiger partial charge in [0.2, 0.25) is 5.91 Å². The summed E-state index contributed by atoms with van der Waals surface area (Å²) in [7, 11) is -3.76. The minimum Gasteiger partial charge on any atom is -0.493 e. The van der Waals surface area contributed by atoms with Crippen LogP contribution in [0, 0.1) is 0 Å². The minimum absolute atomic E-state index is 0.0463. The molecule has 3 aromatic rings. The number of carboxylic acids is 2. The van der Waals surface area contributed by atoms with Gasteiger partial charge in [-0.3, -0.25) is 14.4 Å². The number of hydrogen-bond acceptors (Lipinski definition) is 13. The zero-order valence-electron chi connectivity index (χ0n) is 34.0. The molecule has 3 rings (SSSR count). The van der Waals surface area contributed by atoms with E-state index in [4.69, 9.17) is 33.9 Å². The maximum absolute atomic E-state index is 13.1. The average molecular weight is 859 g/mol. The fraction of sp³-hybridized carbons (Fsp3) is 0.524. The Kier molecular flexibility index (Phi) is 24.1. The number of unbranched alkanes of at least 4 members (excludes halogenated alkanes) is 6. The van der Waals surface area contributed by atoms with E-state index in [1.807, 2.05) is 0 Å². The van der Waals surface area contributed by atoms with E-state index in [2.05, 4.69) is 44.9 Å². The summed E-state index contributed by atoms with van der Waals surface area (Å²) >= 11 is 0. The molecule has 0 unspecified atom stereocenters. The van der Waals surface area contributed by atoms with Crippen LogP contribution in [0.15, 0.2) is 65.8 Å². The second kappa shape index (κ2) is 29.3. The van der Waals surface area contributed by atoms with Crippen molar-refractivity contribution >= 4 is 33.6 Å². The van der Waals surface area contributed by atoms with Gasteiger partial charge in [-0.25, -0.2) is 23.2 Å². The zero-order valence-corrected chi connectivity index (χ0v) is 34.8. The summed E-state index contributed by atoms with van der Waals surface area (Å²) in [5.41, 5.74) is 2.61. The normalized spacial score (nSPS) is 11.3. The summed E-state index contributed by atoms with van der Waals surface area (Å²) in [4.78, 5) is 53.4. The number of ether oxygens (including phenoxy) is 5. The number of rotatable bonds is 34. The molecular formula is C42H58N4O13S. The third kappa shape index (κ3) is 22.4. The van der Waals surface area contributed by atoms with E-state index in [0.29, 0.717) is 18.8 Å². The lowest BCUT2D eigenvalue weighted by Crippen LogP contribution is -2.31. The van der Waals surface area contributed by atoms with Crippen molar-refractivity contribution in [3.8, 4) is 5.75 Å². The van der Waals surface area contributed by atoms with Gasteiger partial charge in [0.25, 0.3) is 5.91 Å². The van der Waals surface area contributed by atoms with Crippen LogP contribution >= 0.6 is 0 Å². The molecule has 0 atom stereocenters. The number of benzene rings is 2. The van der Waals surface area contributed by atoms with Crippen molar-refractivity contribution in [2.45, 2.75) is 74.9 Å². The Labute approximate surface area is 351 Å². The third-order valence-electron chi connectivity index (χ3n) is 8.81. The summed E-state index contributed by atoms with van der Waals surface area (Å²) in [5, 5.41) is 22.4. The fourth-order valence-electron chi connectivity index (χ4n) is 5.61. The number of amides is 2. The van der Waals surface area contributed by atoms with Gasteiger partial charge in [-0.15, -0.1) is 0 Å². The largest absolute Gasteiger partial charge is 0.493 e. The van der Waals surface area contributed by atoms with Crippen LogP contribution in [0.4, 0.5) is 0 Å². The quantitative estimate of drug-likeness (QED) is 0.0625. The summed E-state index contributed by atoms with van der Waals surface area (Å²) in [6, 6.07) is 14.7. The number of carboxylic acid groups (broad SMARTS) is 2. The zero-order chi connectivity index (χ0) is 43.3. The van der Waals surface area contributed by atoms with Crippen LogP contribution in [0.3, 0.4) is 0 Å². The molecule has 330 valence electrons. The number of hydrogen-bond donors (Lipinski definition) is 4. The average Bonchev–Trinajstić information content (AvgIpc) is 3.22. The van der Waals surface area contributed by atoms with E-state index in [1.165, 1.54) is 42.9 Å². The molecule has 0 spiro atoms. The van der Waals surface area contributed by atoms with E-state index < -0.39 is 40.0 Å². The predicted molar refractivity (Wildman–Crippen MR) is 220 cm³/mol. The van der Waals surface area contributed by atoms with E-state index in [9.17, 15) is 27.6 Å². The lowest BCUT2D eigenvalue weighted by Gasteiger charge is -2.09. The second-order valence-corrected chi connectivity index (χ2v) is 15.7. The molecule has 0 saturated heterocycles. The Morgan fingerprint density at radius 2 is 1.13 bits per heavy atom. The van der Waals surface area contributed by atoms with E-state index in [1.54, 1.807) is 12.1 Å². The molecule has 0 radical (unpaired) electrons. The van der Waals surface area contributed by atoms with Gasteiger partial charge in [-0.1, -0.05) is 56.4 Å². The molecule has 1 heterocycles. The number of aliphatic carboxylic acids is 2. The van der Waals surface area contributed by atoms with Crippen molar-refractivity contribution in [1.29, 1.82) is 0 Å². The molecule has 2 amide bonds. The third-order valence-corrected chi connectivity index (χ3v) is 10.4. The first-order chi connectivity index (χ1) is 29.0. The van der Waals surface area contributed by atoms with Crippen LogP contribution in [0.5, 0.6) is 5.75 Å². The first kappa shape index (κ1) is 49.4. The maximum Gasteiger partial charge on any atom is 0.329 e. The highest BCUT2D eigenvalue weighted by molar-refractivity contribution is 7.90. The summed E-state index contributed by atoms with van der Waals surface area (Å²) in [5.74, 6) is -2.40. The molecule has 0 bridgehead atoms. The van der Waals surface area contributed by atoms with Crippen LogP contribution < -0.4 is 15.4 Å². The van der Waals surface area contributed by atoms with Crippen LogP contribution in [-0.2, 0) is 61.8 Å². The Balaban J connectivity index is 1.23. The van der Waals surface area contributed by atoms with Crippen molar-refractivity contribution in [2.24, 2.45) is 0 Å². The topological polar surface area (TPSA) is 239 Å². The fourth-order valence-corrected chi connectivity index (χ4v) is 6.81. The van der Waals surface area contributed by atoms with Gasteiger partial charge >= 0.3 is 11.9 Å². The molecule has 60 heavy (non-hydrogen) atoms. The highest BCUT2D eigenvalue weighted by Crippen LogP contribution is 2.20. The monoisotopic (exact) mass is 858 g/mol. The number of aryl methyl sites for hydroxylation is 1. The Bertz CT molecular complexity index is 1810. The van der Waals surface area contributed by atoms with Crippen LogP contribution in [0.2, 0.25) is 0 Å². The van der Waals surface area contributed by atoms with E-state index in [0.717, 1.165) is 44.1 Å². The molecule has 1 aromatic heterocycles. The predicted octanol–water partition coefficient (Wildman–Crippen LogP) is 3.82. The summed E-state index contributed by atoms with van der Waals surface area (Å²) in [6.07, 6.45) is 12.0. The van der Waals surface area contributed by atoms with Gasteiger partial charge in [0.1, 0.15) is 30.5 Å². The van der Waals surface area contributed by atoms with Gasteiger partial charge < -0.3 is 44.5 Å². The van der Waals surface area contributed by atoms with Gasteiger partial charge in [-0.05, 0) is 54.7 Å². The van der Waals surface area contributed by atoms with E-state index in [-0.39, 0.29) is 87.9 Å². The molecular weight excluding hydrogens is 801 g/mol. The second-order valence-electron chi connectivity index (χ2n) is 13.7. The SMILES string of the molecule is O=C(O)CCCCCCCCCc1ccc(CCOc2ccc(S(=O)(=O)Cc3ncc(C(=O)NCCOCCOCC(=O)NCCOCCOCC(=O)O)cn3)cc2)cc1. The number of aromatic nitrogens is 2. The highest BCUT2D eigenvalue weighted by Gasteiger charge is 2.18. The van der Waals surface area contributed by atoms with Crippen molar-refractivity contribution in [3.05, 3.63) is 83.4 Å². The molecule has 0 aliphatic carbocycles. The number of carbonyl (C=O) groups is 4. The van der Waals surface area contributed by atoms with Crippen LogP contribution in [0.25, 0.3) is 0 Å². The molecule has 18 heteroatoms. The lowest BCUT2D eigenvalue weighted by molar-refractivity contribution is -0.143. The van der Waals surface area contributed by atoms with Crippen molar-refractivity contribution in [2.75, 3.05) is 72.6 Å². The van der Waals surface area contributed by atoms with Crippen molar-refractivity contribution in [1.82, 2.24) is 20.6 Å². The summed E-state index contributed by atoms with van der Waals surface area (Å²) in [6.45, 7) is 1.48. The molecule has 4 N–H and O–H groups in total. The van der Waals surface area contributed by atoms with Crippen molar-refractivity contribution < 1.29 is 61.5 Å². The van der Waals surface area contributed by atoms with Gasteiger partial charge in [-0.2, -0.15) is 0 Å². The first-order valence-corrected chi connectivity index (χ1v) is 21.8. The highest BCUT2D eigenvalue weighted by atomic mass is 32.2. The molecule has 0 fully saturated rings. The van der Waals surface area contributed by atoms with Crippen LogP contribution in [-0.4, -0.2) is 125 Å². The standard InChI is InChI=1S/C42H58N4O13S/c47-39(43-19-22-55-25-27-58-31-41(50)51)30-57-26-24-56-23-20-44-42(52)35-28-45-38(46-29-35)32-60(53,54)37-16-14-36(15-17-37)59-21-18-34-12-10-33(11-13-34)8-6-4-2-1-3-5-7-9-40(48)49/h10-17,28-29H,1-9,18-27,30-32H2,(H,43,47)(H,44,52)(H,48,49)(H,50,51). The molecule has 0 aliphatic rings. The van der Waals surface area contributed by atoms with Crippen LogP contribution in [0.1, 0.15) is 78.7 Å².